The zero-order chi connectivity index (χ0) is 19.3. The molecule has 2 aromatic rings. The fourth-order valence-electron chi connectivity index (χ4n) is 6.99. The summed E-state index contributed by atoms with van der Waals surface area (Å²) in [5.74, 6) is 3.79. The molecule has 29 heavy (non-hydrogen) atoms. The van der Waals surface area contributed by atoms with Crippen LogP contribution < -0.4 is 4.74 Å². The zero-order valence-electron chi connectivity index (χ0n) is 17.5. The molecule has 1 aliphatic heterocycles. The van der Waals surface area contributed by atoms with Crippen LogP contribution in [0.2, 0.25) is 0 Å². The second-order valence-electron chi connectivity index (χ2n) is 10.1. The van der Waals surface area contributed by atoms with Crippen LogP contribution in [0.4, 0.5) is 0 Å². The molecule has 152 valence electrons. The van der Waals surface area contributed by atoms with Crippen LogP contribution in [-0.2, 0) is 11.8 Å². The highest BCUT2D eigenvalue weighted by Crippen LogP contribution is 2.56. The number of ether oxygens (including phenoxy) is 1. The van der Waals surface area contributed by atoms with Gasteiger partial charge in [0, 0.05) is 18.0 Å². The summed E-state index contributed by atoms with van der Waals surface area (Å²) in [6, 6.07) is 18.0. The third kappa shape index (κ3) is 3.03. The van der Waals surface area contributed by atoms with Crippen LogP contribution in [0.1, 0.15) is 62.5 Å². The number of nitrogens with zero attached hydrogens (tertiary/aromatic N) is 1. The van der Waals surface area contributed by atoms with Crippen LogP contribution in [-0.4, -0.2) is 24.0 Å². The Kier molecular flexibility index (Phi) is 4.45. The van der Waals surface area contributed by atoms with E-state index in [1.807, 2.05) is 18.2 Å². The van der Waals surface area contributed by atoms with Crippen LogP contribution in [0.3, 0.4) is 0 Å². The molecule has 2 heteroatoms. The van der Waals surface area contributed by atoms with E-state index < -0.39 is 0 Å². The lowest BCUT2D eigenvalue weighted by molar-refractivity contribution is -0.0240. The lowest BCUT2D eigenvalue weighted by Crippen LogP contribution is -2.61. The molecule has 2 bridgehead atoms. The zero-order valence-corrected chi connectivity index (χ0v) is 17.5. The quantitative estimate of drug-likeness (QED) is 0.607. The fraction of sp³-hybridized carbons (Fsp3) is 0.556. The minimum absolute atomic E-state index is 0.405. The van der Waals surface area contributed by atoms with Crippen molar-refractivity contribution in [3.05, 3.63) is 59.7 Å². The molecule has 0 aromatic heterocycles. The third-order valence-corrected chi connectivity index (χ3v) is 8.62. The maximum absolute atomic E-state index is 6.24. The van der Waals surface area contributed by atoms with Crippen LogP contribution in [0.15, 0.2) is 48.5 Å². The highest BCUT2D eigenvalue weighted by Gasteiger charge is 2.54. The lowest BCUT2D eigenvalue weighted by Gasteiger charge is -2.59. The average Bonchev–Trinajstić information content (AvgIpc) is 2.73. The summed E-state index contributed by atoms with van der Waals surface area (Å²) in [6.45, 7) is 2.67. The van der Waals surface area contributed by atoms with E-state index in [0.717, 1.165) is 29.4 Å². The number of rotatable bonds is 4. The van der Waals surface area contributed by atoms with Crippen LogP contribution in [0.5, 0.6) is 11.5 Å². The molecule has 1 saturated heterocycles. The second-order valence-corrected chi connectivity index (χ2v) is 10.1. The molecule has 3 atom stereocenters. The maximum atomic E-state index is 6.24. The summed E-state index contributed by atoms with van der Waals surface area (Å²) in [5, 5.41) is 0. The van der Waals surface area contributed by atoms with Crippen molar-refractivity contribution >= 4 is 0 Å². The summed E-state index contributed by atoms with van der Waals surface area (Å²) in [5.41, 5.74) is 3.64. The van der Waals surface area contributed by atoms with Crippen LogP contribution in [0, 0.1) is 11.8 Å². The van der Waals surface area contributed by atoms with Gasteiger partial charge >= 0.3 is 0 Å². The highest BCUT2D eigenvalue weighted by atomic mass is 16.5. The predicted molar refractivity (Wildman–Crippen MR) is 118 cm³/mol. The molecule has 0 unspecified atom stereocenters. The van der Waals surface area contributed by atoms with Crippen molar-refractivity contribution in [2.45, 2.75) is 69.2 Å². The van der Waals surface area contributed by atoms with Crippen LogP contribution in [0.25, 0.3) is 0 Å². The molecule has 0 N–H and O–H groups in total. The maximum Gasteiger partial charge on any atom is 0.127 e. The monoisotopic (exact) mass is 387 g/mol. The van der Waals surface area contributed by atoms with Gasteiger partial charge in [-0.1, -0.05) is 43.5 Å². The molecule has 2 saturated carbocycles. The van der Waals surface area contributed by atoms with E-state index in [1.54, 1.807) is 11.1 Å². The van der Waals surface area contributed by atoms with Crippen molar-refractivity contribution in [3.63, 3.8) is 0 Å². The van der Waals surface area contributed by atoms with Crippen molar-refractivity contribution < 1.29 is 4.74 Å². The van der Waals surface area contributed by atoms with Gasteiger partial charge in [-0.05, 0) is 92.3 Å². The van der Waals surface area contributed by atoms with Crippen LogP contribution >= 0.6 is 0 Å². The van der Waals surface area contributed by atoms with Gasteiger partial charge in [-0.15, -0.1) is 0 Å². The smallest absolute Gasteiger partial charge is 0.127 e. The number of hydrogen-bond donors (Lipinski definition) is 0. The molecule has 3 aliphatic carbocycles. The van der Waals surface area contributed by atoms with Gasteiger partial charge in [0.25, 0.3) is 0 Å². The number of fused-ring (bicyclic) bond motifs is 1. The molecule has 2 aromatic carbocycles. The standard InChI is InChI=1S/C27H33NO/c1-2-9-22(10-3-1)29-23-13-12-21-17-26-24-11-4-5-14-27(24,25(21)18-23)15-16-28(26)19-20-7-6-8-20/h1-3,9-10,12-13,18,20,24,26H,4-8,11,14-17,19H2/t24-,26+,27+/m0/s1. The normalized spacial score (nSPS) is 31.4. The average molecular weight is 388 g/mol. The first-order chi connectivity index (χ1) is 14.3. The van der Waals surface area contributed by atoms with E-state index in [-0.39, 0.29) is 0 Å². The Morgan fingerprint density at radius 1 is 0.897 bits per heavy atom. The summed E-state index contributed by atoms with van der Waals surface area (Å²) in [4.78, 5) is 2.91. The Labute approximate surface area is 175 Å². The Morgan fingerprint density at radius 3 is 2.62 bits per heavy atom. The Balaban J connectivity index is 1.34. The summed E-state index contributed by atoms with van der Waals surface area (Å²) < 4.78 is 6.24. The van der Waals surface area contributed by atoms with Crippen molar-refractivity contribution in [2.75, 3.05) is 13.1 Å². The second kappa shape index (κ2) is 7.16. The van der Waals surface area contributed by atoms with Crippen molar-refractivity contribution in [1.29, 1.82) is 0 Å². The first-order valence-corrected chi connectivity index (χ1v) is 11.9. The van der Waals surface area contributed by atoms with Gasteiger partial charge in [0.05, 0.1) is 0 Å². The summed E-state index contributed by atoms with van der Waals surface area (Å²) in [7, 11) is 0. The Hall–Kier alpha value is -1.80. The van der Waals surface area contributed by atoms with E-state index in [9.17, 15) is 0 Å². The van der Waals surface area contributed by atoms with Gasteiger partial charge in [-0.3, -0.25) is 4.90 Å². The van der Waals surface area contributed by atoms with Crippen molar-refractivity contribution in [1.82, 2.24) is 4.90 Å². The molecule has 4 aliphatic rings. The first kappa shape index (κ1) is 18.0. The van der Waals surface area contributed by atoms with E-state index in [0.29, 0.717) is 5.41 Å². The number of likely N-dealkylation sites (tertiary alicyclic amines) is 1. The van der Waals surface area contributed by atoms with Crippen molar-refractivity contribution in [3.8, 4) is 11.5 Å². The topological polar surface area (TPSA) is 12.5 Å². The van der Waals surface area contributed by atoms with E-state index in [2.05, 4.69) is 35.2 Å². The molecule has 2 nitrogen and oxygen atoms in total. The molecule has 3 fully saturated rings. The highest BCUT2D eigenvalue weighted by molar-refractivity contribution is 5.46. The molecular formula is C27H33NO. The molecule has 0 radical (unpaired) electrons. The molecule has 6 rings (SSSR count). The number of hydrogen-bond acceptors (Lipinski definition) is 2. The number of para-hydroxylation sites is 1. The van der Waals surface area contributed by atoms with Gasteiger partial charge in [0.2, 0.25) is 0 Å². The molecule has 0 spiro atoms. The van der Waals surface area contributed by atoms with Crippen molar-refractivity contribution in [2.24, 2.45) is 11.8 Å². The first-order valence-electron chi connectivity index (χ1n) is 11.9. The Bertz CT molecular complexity index is 873. The van der Waals surface area contributed by atoms with Gasteiger partial charge in [0.1, 0.15) is 11.5 Å². The largest absolute Gasteiger partial charge is 0.457 e. The Morgan fingerprint density at radius 2 is 1.79 bits per heavy atom. The predicted octanol–water partition coefficient (Wildman–Crippen LogP) is 6.34. The molecule has 0 amide bonds. The molecule has 1 heterocycles. The van der Waals surface area contributed by atoms with E-state index >= 15 is 0 Å². The number of benzene rings is 2. The van der Waals surface area contributed by atoms with Gasteiger partial charge < -0.3 is 4.74 Å². The van der Waals surface area contributed by atoms with Gasteiger partial charge in [-0.25, -0.2) is 0 Å². The van der Waals surface area contributed by atoms with Gasteiger partial charge in [-0.2, -0.15) is 0 Å². The minimum Gasteiger partial charge on any atom is -0.457 e. The number of piperidine rings is 1. The van der Waals surface area contributed by atoms with E-state index in [1.165, 1.54) is 70.9 Å². The van der Waals surface area contributed by atoms with E-state index in [4.69, 9.17) is 4.74 Å². The van der Waals surface area contributed by atoms with Gasteiger partial charge in [0.15, 0.2) is 0 Å². The lowest BCUT2D eigenvalue weighted by atomic mass is 9.52. The summed E-state index contributed by atoms with van der Waals surface area (Å²) >= 11 is 0. The molecular weight excluding hydrogens is 354 g/mol. The third-order valence-electron chi connectivity index (χ3n) is 8.62. The summed E-state index contributed by atoms with van der Waals surface area (Å²) in [6.07, 6.45) is 12.6. The fourth-order valence-corrected chi connectivity index (χ4v) is 6.99. The SMILES string of the molecule is c1ccc(Oc2ccc3c(c2)[C@@]24CCCC[C@H]2[C@@H](C3)N(CC2CCC2)CC4)cc1. The minimum atomic E-state index is 0.405.